The molecule has 0 radical (unpaired) electrons. The zero-order chi connectivity index (χ0) is 24.7. The summed E-state index contributed by atoms with van der Waals surface area (Å²) < 4.78 is 56.6. The Kier molecular flexibility index (Phi) is 6.30. The van der Waals surface area contributed by atoms with Crippen molar-refractivity contribution in [2.24, 2.45) is 0 Å². The molecule has 186 valence electrons. The van der Waals surface area contributed by atoms with Gasteiger partial charge < -0.3 is 10.2 Å². The number of nitrogens with one attached hydrogen (secondary N) is 1. The Labute approximate surface area is 202 Å². The van der Waals surface area contributed by atoms with E-state index in [1.807, 2.05) is 0 Å². The predicted octanol–water partition coefficient (Wildman–Crippen LogP) is 5.58. The lowest BCUT2D eigenvalue weighted by molar-refractivity contribution is -0.137. The number of piperidine rings is 2. The van der Waals surface area contributed by atoms with Crippen LogP contribution in [0.25, 0.3) is 0 Å². The highest BCUT2D eigenvalue weighted by atomic mass is 19.4. The second-order valence-corrected chi connectivity index (χ2v) is 9.78. The summed E-state index contributed by atoms with van der Waals surface area (Å²) in [6.45, 7) is 1.93. The van der Waals surface area contributed by atoms with Gasteiger partial charge in [-0.1, -0.05) is 6.42 Å². The number of rotatable bonds is 5. The Morgan fingerprint density at radius 2 is 1.89 bits per heavy atom. The van der Waals surface area contributed by atoms with E-state index < -0.39 is 17.6 Å². The minimum atomic E-state index is -4.63. The summed E-state index contributed by atoms with van der Waals surface area (Å²) in [7, 11) is 1.66. The first-order valence-corrected chi connectivity index (χ1v) is 12.2. The lowest BCUT2D eigenvalue weighted by Crippen LogP contribution is -2.56. The van der Waals surface area contributed by atoms with Crippen molar-refractivity contribution in [1.82, 2.24) is 14.9 Å². The van der Waals surface area contributed by atoms with Gasteiger partial charge in [-0.05, 0) is 75.2 Å². The minimum Gasteiger partial charge on any atom is -0.354 e. The van der Waals surface area contributed by atoms with E-state index in [0.29, 0.717) is 11.1 Å². The van der Waals surface area contributed by atoms with Gasteiger partial charge in [-0.3, -0.25) is 4.90 Å². The number of alkyl halides is 3. The van der Waals surface area contributed by atoms with Crippen LogP contribution in [-0.4, -0.2) is 47.1 Å². The summed E-state index contributed by atoms with van der Waals surface area (Å²) in [5.41, 5.74) is 0.0649. The summed E-state index contributed by atoms with van der Waals surface area (Å²) in [6.07, 6.45) is 2.77. The topological polar surface area (TPSA) is 68.1 Å². The van der Waals surface area contributed by atoms with Gasteiger partial charge in [0.1, 0.15) is 17.2 Å². The molecule has 3 fully saturated rings. The summed E-state index contributed by atoms with van der Waals surface area (Å²) in [5.74, 6) is -0.763. The van der Waals surface area contributed by atoms with Crippen molar-refractivity contribution < 1.29 is 17.6 Å². The van der Waals surface area contributed by atoms with E-state index in [0.717, 1.165) is 64.2 Å². The highest BCUT2D eigenvalue weighted by molar-refractivity contribution is 5.62. The smallest absolute Gasteiger partial charge is 0.354 e. The third-order valence-electron chi connectivity index (χ3n) is 7.48. The molecule has 2 aliphatic heterocycles. The average molecular weight is 489 g/mol. The second-order valence-electron chi connectivity index (χ2n) is 9.78. The van der Waals surface area contributed by atoms with Crippen LogP contribution in [0.2, 0.25) is 0 Å². The van der Waals surface area contributed by atoms with Crippen molar-refractivity contribution in [1.29, 1.82) is 5.26 Å². The molecule has 1 aliphatic carbocycles. The summed E-state index contributed by atoms with van der Waals surface area (Å²) in [4.78, 5) is 12.1. The molecule has 1 saturated carbocycles. The van der Waals surface area contributed by atoms with Gasteiger partial charge in [0, 0.05) is 25.3 Å². The number of aromatic nitrogens is 2. The molecule has 3 heterocycles. The minimum absolute atomic E-state index is 0.0320. The SMILES string of the molecule is CN(c1nc(Nc2cc(C#N)c(C3CC3)cc2F)ncc1C(F)(F)F)[C@H]1CCCN2CCCC[C@H]12. The number of halogens is 4. The molecule has 2 atom stereocenters. The number of nitrogens with zero attached hydrogens (tertiary/aromatic N) is 5. The van der Waals surface area contributed by atoms with Crippen LogP contribution in [0.1, 0.15) is 67.6 Å². The standard InChI is InChI=1S/C25H28F4N6/c1-34(21-6-4-10-35-9-3-2-5-22(21)35)23-18(25(27,28)29)14-31-24(33-23)32-20-11-16(13-30)17(12-19(20)26)15-7-8-15/h11-12,14-15,21-22H,2-10H2,1H3,(H,31,32,33)/t21-,22+/m0/s1. The fourth-order valence-electron chi connectivity index (χ4n) is 5.57. The van der Waals surface area contributed by atoms with Crippen LogP contribution < -0.4 is 10.2 Å². The second kappa shape index (κ2) is 9.26. The highest BCUT2D eigenvalue weighted by Gasteiger charge is 2.41. The number of anilines is 3. The van der Waals surface area contributed by atoms with Crippen molar-refractivity contribution in [3.8, 4) is 6.07 Å². The lowest BCUT2D eigenvalue weighted by Gasteiger charge is -2.48. The van der Waals surface area contributed by atoms with Gasteiger partial charge in [-0.15, -0.1) is 0 Å². The van der Waals surface area contributed by atoms with Crippen molar-refractivity contribution in [2.75, 3.05) is 30.4 Å². The molecule has 0 spiro atoms. The molecule has 0 unspecified atom stereocenters. The molecule has 6 nitrogen and oxygen atoms in total. The molecule has 3 aliphatic rings. The van der Waals surface area contributed by atoms with Crippen molar-refractivity contribution in [2.45, 2.75) is 69.1 Å². The van der Waals surface area contributed by atoms with Crippen LogP contribution in [-0.2, 0) is 6.18 Å². The van der Waals surface area contributed by atoms with Gasteiger partial charge in [0.05, 0.1) is 17.3 Å². The molecular weight excluding hydrogens is 460 g/mol. The molecule has 35 heavy (non-hydrogen) atoms. The van der Waals surface area contributed by atoms with Crippen LogP contribution in [0, 0.1) is 17.1 Å². The van der Waals surface area contributed by atoms with Gasteiger partial charge in [-0.25, -0.2) is 9.37 Å². The van der Waals surface area contributed by atoms with Gasteiger partial charge in [0.2, 0.25) is 5.95 Å². The maximum absolute atomic E-state index is 14.8. The third-order valence-corrected chi connectivity index (χ3v) is 7.48. The largest absolute Gasteiger partial charge is 0.421 e. The van der Waals surface area contributed by atoms with Crippen molar-refractivity contribution in [3.63, 3.8) is 0 Å². The number of hydrogen-bond donors (Lipinski definition) is 1. The highest BCUT2D eigenvalue weighted by Crippen LogP contribution is 2.43. The molecular formula is C25H28F4N6. The lowest BCUT2D eigenvalue weighted by atomic mass is 9.88. The van der Waals surface area contributed by atoms with E-state index in [-0.39, 0.29) is 35.5 Å². The maximum Gasteiger partial charge on any atom is 0.421 e. The van der Waals surface area contributed by atoms with Crippen molar-refractivity contribution in [3.05, 3.63) is 40.8 Å². The zero-order valence-corrected chi connectivity index (χ0v) is 19.6. The Morgan fingerprint density at radius 1 is 1.11 bits per heavy atom. The first-order chi connectivity index (χ1) is 16.8. The number of benzene rings is 1. The molecule has 1 N–H and O–H groups in total. The molecule has 0 bridgehead atoms. The Balaban J connectivity index is 1.48. The van der Waals surface area contributed by atoms with E-state index >= 15 is 0 Å². The van der Waals surface area contributed by atoms with E-state index in [1.165, 1.54) is 12.1 Å². The molecule has 1 aromatic heterocycles. The first kappa shape index (κ1) is 23.8. The molecule has 1 aromatic carbocycles. The summed E-state index contributed by atoms with van der Waals surface area (Å²) in [6, 6.07) is 4.88. The van der Waals surface area contributed by atoms with E-state index in [1.54, 1.807) is 11.9 Å². The molecule has 2 aromatic rings. The van der Waals surface area contributed by atoms with Crippen LogP contribution in [0.5, 0.6) is 0 Å². The normalized spacial score (nSPS) is 22.9. The Morgan fingerprint density at radius 3 is 2.60 bits per heavy atom. The number of fused-ring (bicyclic) bond motifs is 1. The van der Waals surface area contributed by atoms with Gasteiger partial charge >= 0.3 is 6.18 Å². The fourth-order valence-corrected chi connectivity index (χ4v) is 5.57. The van der Waals surface area contributed by atoms with E-state index in [4.69, 9.17) is 0 Å². The average Bonchev–Trinajstić information content (AvgIpc) is 3.69. The van der Waals surface area contributed by atoms with Gasteiger partial charge in [0.15, 0.2) is 0 Å². The number of hydrogen-bond acceptors (Lipinski definition) is 6. The van der Waals surface area contributed by atoms with Crippen molar-refractivity contribution >= 4 is 17.5 Å². The summed E-state index contributed by atoms with van der Waals surface area (Å²) >= 11 is 0. The molecule has 5 rings (SSSR count). The summed E-state index contributed by atoms with van der Waals surface area (Å²) in [5, 5.41) is 12.2. The van der Waals surface area contributed by atoms with Crippen LogP contribution in [0.15, 0.2) is 18.3 Å². The molecule has 0 amide bonds. The third kappa shape index (κ3) is 4.79. The van der Waals surface area contributed by atoms with E-state index in [9.17, 15) is 22.8 Å². The van der Waals surface area contributed by atoms with Gasteiger partial charge in [0.25, 0.3) is 0 Å². The predicted molar refractivity (Wildman–Crippen MR) is 124 cm³/mol. The van der Waals surface area contributed by atoms with Crippen LogP contribution in [0.4, 0.5) is 35.0 Å². The van der Waals surface area contributed by atoms with Crippen LogP contribution >= 0.6 is 0 Å². The fraction of sp³-hybridized carbons (Fsp3) is 0.560. The maximum atomic E-state index is 14.8. The Bertz CT molecular complexity index is 1140. The quantitative estimate of drug-likeness (QED) is 0.554. The molecule has 10 heteroatoms. The molecule has 2 saturated heterocycles. The van der Waals surface area contributed by atoms with E-state index in [2.05, 4.69) is 26.3 Å². The zero-order valence-electron chi connectivity index (χ0n) is 19.6. The monoisotopic (exact) mass is 488 g/mol. The van der Waals surface area contributed by atoms with Gasteiger partial charge in [-0.2, -0.15) is 23.4 Å². The first-order valence-electron chi connectivity index (χ1n) is 12.2. The Hall–Kier alpha value is -2.93. The number of nitriles is 1. The van der Waals surface area contributed by atoms with Crippen LogP contribution in [0.3, 0.4) is 0 Å². The number of likely N-dealkylation sites (N-methyl/N-ethyl adjacent to an activating group) is 1.